The van der Waals surface area contributed by atoms with E-state index in [9.17, 15) is 14.4 Å². The van der Waals surface area contributed by atoms with E-state index >= 15 is 0 Å². The molecule has 0 saturated carbocycles. The Bertz CT molecular complexity index is 1130. The van der Waals surface area contributed by atoms with E-state index in [4.69, 9.17) is 9.47 Å². The maximum Gasteiger partial charge on any atom is 0.343 e. The molecule has 0 radical (unpaired) electrons. The molecule has 3 rings (SSSR count). The Balaban J connectivity index is 1.56. The highest BCUT2D eigenvalue weighted by atomic mass is 16.6. The average molecular weight is 445 g/mol. The number of carbonyl (C=O) groups excluding carboxylic acids is 3. The quantitative estimate of drug-likeness (QED) is 0.228. The summed E-state index contributed by atoms with van der Waals surface area (Å²) in [5, 5.41) is 6.41. The molecule has 3 aromatic carbocycles. The summed E-state index contributed by atoms with van der Waals surface area (Å²) in [7, 11) is 0. The third-order valence-corrected chi connectivity index (χ3v) is 4.33. The number of nitrogens with zero attached hydrogens (tertiary/aromatic N) is 1. The lowest BCUT2D eigenvalue weighted by molar-refractivity contribution is -0.120. The van der Waals surface area contributed by atoms with Gasteiger partial charge in [-0.15, -0.1) is 0 Å². The largest absolute Gasteiger partial charge is 0.490 e. The molecule has 0 aliphatic rings. The maximum absolute atomic E-state index is 12.3. The van der Waals surface area contributed by atoms with Crippen LogP contribution in [0.4, 0.5) is 0 Å². The number of hydrazone groups is 1. The van der Waals surface area contributed by atoms with E-state index in [0.29, 0.717) is 29.0 Å². The van der Waals surface area contributed by atoms with Crippen molar-refractivity contribution >= 4 is 24.0 Å². The first kappa shape index (κ1) is 23.2. The number of hydrogen-bond acceptors (Lipinski definition) is 6. The molecule has 0 saturated heterocycles. The van der Waals surface area contributed by atoms with Crippen molar-refractivity contribution < 1.29 is 23.9 Å². The number of ether oxygens (including phenoxy) is 2. The number of amides is 2. The number of esters is 1. The zero-order valence-electron chi connectivity index (χ0n) is 18.0. The molecule has 33 heavy (non-hydrogen) atoms. The van der Waals surface area contributed by atoms with Gasteiger partial charge in [-0.3, -0.25) is 9.59 Å². The van der Waals surface area contributed by atoms with E-state index in [1.54, 1.807) is 72.8 Å². The summed E-state index contributed by atoms with van der Waals surface area (Å²) in [6.45, 7) is 1.96. The fourth-order valence-electron chi connectivity index (χ4n) is 2.76. The molecule has 2 amide bonds. The second kappa shape index (κ2) is 11.8. The van der Waals surface area contributed by atoms with Gasteiger partial charge >= 0.3 is 5.97 Å². The van der Waals surface area contributed by atoms with Crippen molar-refractivity contribution in [3.8, 4) is 11.5 Å². The second-order valence-electron chi connectivity index (χ2n) is 6.74. The predicted molar refractivity (Wildman–Crippen MR) is 124 cm³/mol. The number of carbonyl (C=O) groups is 3. The van der Waals surface area contributed by atoms with Gasteiger partial charge in [0.15, 0.2) is 11.5 Å². The Morgan fingerprint density at radius 2 is 1.55 bits per heavy atom. The summed E-state index contributed by atoms with van der Waals surface area (Å²) in [4.78, 5) is 36.2. The van der Waals surface area contributed by atoms with Crippen LogP contribution in [-0.2, 0) is 4.79 Å². The molecular formula is C25H23N3O5. The van der Waals surface area contributed by atoms with Gasteiger partial charge in [-0.05, 0) is 55.0 Å². The monoisotopic (exact) mass is 445 g/mol. The number of benzene rings is 3. The summed E-state index contributed by atoms with van der Waals surface area (Å²) in [6.07, 6.45) is 1.42. The second-order valence-corrected chi connectivity index (χ2v) is 6.74. The lowest BCUT2D eigenvalue weighted by Crippen LogP contribution is -2.34. The van der Waals surface area contributed by atoms with Gasteiger partial charge in [0.05, 0.1) is 24.9 Å². The molecule has 0 spiro atoms. The Hall–Kier alpha value is -4.46. The molecular weight excluding hydrogens is 422 g/mol. The van der Waals surface area contributed by atoms with E-state index < -0.39 is 11.9 Å². The van der Waals surface area contributed by atoms with E-state index in [1.807, 2.05) is 13.0 Å². The highest BCUT2D eigenvalue weighted by Crippen LogP contribution is 2.28. The van der Waals surface area contributed by atoms with Crippen molar-refractivity contribution in [3.63, 3.8) is 0 Å². The molecule has 8 heteroatoms. The Labute approximate surface area is 191 Å². The molecule has 0 fully saturated rings. The van der Waals surface area contributed by atoms with Crippen LogP contribution in [0.5, 0.6) is 11.5 Å². The minimum Gasteiger partial charge on any atom is -0.490 e. The first-order chi connectivity index (χ1) is 16.1. The maximum atomic E-state index is 12.3. The van der Waals surface area contributed by atoms with E-state index in [1.165, 1.54) is 6.21 Å². The molecule has 3 aromatic rings. The zero-order valence-corrected chi connectivity index (χ0v) is 18.0. The van der Waals surface area contributed by atoms with Crippen molar-refractivity contribution in [2.24, 2.45) is 5.10 Å². The molecule has 168 valence electrons. The Morgan fingerprint density at radius 1 is 0.879 bits per heavy atom. The molecule has 0 unspecified atom stereocenters. The molecule has 0 aliphatic carbocycles. The third kappa shape index (κ3) is 7.03. The first-order valence-corrected chi connectivity index (χ1v) is 10.3. The predicted octanol–water partition coefficient (Wildman–Crippen LogP) is 3.18. The minimum atomic E-state index is -0.497. The van der Waals surface area contributed by atoms with Crippen molar-refractivity contribution in [2.45, 2.75) is 6.92 Å². The van der Waals surface area contributed by atoms with Crippen LogP contribution in [0.3, 0.4) is 0 Å². The van der Waals surface area contributed by atoms with Gasteiger partial charge < -0.3 is 14.8 Å². The van der Waals surface area contributed by atoms with Crippen LogP contribution < -0.4 is 20.2 Å². The van der Waals surface area contributed by atoms with Gasteiger partial charge in [-0.25, -0.2) is 10.2 Å². The molecule has 2 N–H and O–H groups in total. The van der Waals surface area contributed by atoms with Crippen molar-refractivity contribution in [1.29, 1.82) is 0 Å². The number of nitrogens with one attached hydrogen (secondary N) is 2. The smallest absolute Gasteiger partial charge is 0.343 e. The van der Waals surface area contributed by atoms with Crippen LogP contribution in [0.2, 0.25) is 0 Å². The first-order valence-electron chi connectivity index (χ1n) is 10.3. The van der Waals surface area contributed by atoms with Gasteiger partial charge in [0.25, 0.3) is 11.8 Å². The summed E-state index contributed by atoms with van der Waals surface area (Å²) < 4.78 is 11.0. The normalized spacial score (nSPS) is 10.5. The summed E-state index contributed by atoms with van der Waals surface area (Å²) in [5.41, 5.74) is 3.85. The van der Waals surface area contributed by atoms with Gasteiger partial charge in [0, 0.05) is 5.56 Å². The van der Waals surface area contributed by atoms with E-state index in [0.717, 1.165) is 0 Å². The average Bonchev–Trinajstić information content (AvgIpc) is 2.85. The van der Waals surface area contributed by atoms with Crippen LogP contribution in [0.25, 0.3) is 0 Å². The van der Waals surface area contributed by atoms with Crippen molar-refractivity contribution in [1.82, 2.24) is 10.7 Å². The fraction of sp³-hybridized carbons (Fsp3) is 0.120. The van der Waals surface area contributed by atoms with Gasteiger partial charge in [-0.1, -0.05) is 36.4 Å². The Morgan fingerprint density at radius 3 is 2.21 bits per heavy atom. The van der Waals surface area contributed by atoms with E-state index in [-0.39, 0.29) is 18.2 Å². The molecule has 0 aromatic heterocycles. The number of hydrogen-bond donors (Lipinski definition) is 2. The summed E-state index contributed by atoms with van der Waals surface area (Å²) in [5.74, 6) is -0.684. The summed E-state index contributed by atoms with van der Waals surface area (Å²) in [6, 6.07) is 22.1. The highest BCUT2D eigenvalue weighted by molar-refractivity contribution is 5.96. The van der Waals surface area contributed by atoms with Crippen LogP contribution in [0, 0.1) is 0 Å². The lowest BCUT2D eigenvalue weighted by atomic mass is 10.2. The zero-order chi connectivity index (χ0) is 23.5. The molecule has 0 heterocycles. The van der Waals surface area contributed by atoms with Crippen molar-refractivity contribution in [2.75, 3.05) is 13.2 Å². The van der Waals surface area contributed by atoms with Crippen LogP contribution in [0.1, 0.15) is 33.2 Å². The molecule has 0 bridgehead atoms. The van der Waals surface area contributed by atoms with Gasteiger partial charge in [-0.2, -0.15) is 5.10 Å². The number of rotatable bonds is 9. The molecule has 0 atom stereocenters. The highest BCUT2D eigenvalue weighted by Gasteiger charge is 2.13. The molecule has 8 nitrogen and oxygen atoms in total. The van der Waals surface area contributed by atoms with Crippen LogP contribution in [-0.4, -0.2) is 37.1 Å². The topological polar surface area (TPSA) is 106 Å². The standard InChI is InChI=1S/C25H23N3O5/c1-2-32-22-15-18(13-14-21(22)33-25(31)20-11-7-4-8-12-20)16-27-28-23(29)17-26-24(30)19-9-5-3-6-10-19/h3-16H,2,17H2,1H3,(H,26,30)(H,28,29). The fourth-order valence-corrected chi connectivity index (χ4v) is 2.76. The van der Waals surface area contributed by atoms with Crippen molar-refractivity contribution in [3.05, 3.63) is 95.6 Å². The minimum absolute atomic E-state index is 0.219. The SMILES string of the molecule is CCOc1cc(C=NNC(=O)CNC(=O)c2ccccc2)ccc1OC(=O)c1ccccc1. The van der Waals surface area contributed by atoms with Crippen LogP contribution >= 0.6 is 0 Å². The summed E-state index contributed by atoms with van der Waals surface area (Å²) >= 11 is 0. The molecule has 0 aliphatic heterocycles. The lowest BCUT2D eigenvalue weighted by Gasteiger charge is -2.11. The van der Waals surface area contributed by atoms with E-state index in [2.05, 4.69) is 15.8 Å². The van der Waals surface area contributed by atoms with Gasteiger partial charge in [0.2, 0.25) is 0 Å². The van der Waals surface area contributed by atoms with Gasteiger partial charge in [0.1, 0.15) is 0 Å². The van der Waals surface area contributed by atoms with Crippen LogP contribution in [0.15, 0.2) is 84.0 Å². The Kier molecular flexibility index (Phi) is 8.30. The third-order valence-electron chi connectivity index (χ3n) is 4.33.